The molecule has 1 aliphatic carbocycles. The molecule has 0 N–H and O–H groups in total. The maximum atomic E-state index is 12.7. The average Bonchev–Trinajstić information content (AvgIpc) is 2.05. The molecule has 1 rings (SSSR count). The third-order valence-electron chi connectivity index (χ3n) is 1.53. The number of hydrogen-bond donors (Lipinski definition) is 0. The van der Waals surface area contributed by atoms with Gasteiger partial charge >= 0.3 is 11.8 Å². The summed E-state index contributed by atoms with van der Waals surface area (Å²) in [4.78, 5) is 0. The smallest absolute Gasteiger partial charge is 0.203 e. The van der Waals surface area contributed by atoms with E-state index in [1.807, 2.05) is 0 Å². The first-order chi connectivity index (χ1) is 5.57. The monoisotopic (exact) mass is 260 g/mol. The maximum Gasteiger partial charge on any atom is 0.338 e. The molecule has 0 saturated carbocycles. The van der Waals surface area contributed by atoms with Crippen molar-refractivity contribution in [1.29, 1.82) is 0 Å². The van der Waals surface area contributed by atoms with E-state index in [4.69, 9.17) is 0 Å². The zero-order valence-electron chi connectivity index (χ0n) is 5.52. The summed E-state index contributed by atoms with van der Waals surface area (Å²) in [5, 5.41) is -1.96. The lowest BCUT2D eigenvalue weighted by Crippen LogP contribution is -2.46. The fraction of sp³-hybridized carbons (Fsp3) is 0.600. The van der Waals surface area contributed by atoms with Crippen molar-refractivity contribution < 1.29 is 22.0 Å². The highest BCUT2D eigenvalue weighted by Crippen LogP contribution is 2.62. The maximum absolute atomic E-state index is 12.7. The van der Waals surface area contributed by atoms with Gasteiger partial charge < -0.3 is 0 Å². The highest BCUT2D eigenvalue weighted by molar-refractivity contribution is 6.52. The first-order valence-electron chi connectivity index (χ1n) is 2.76. The van der Waals surface area contributed by atoms with Crippen LogP contribution in [0.2, 0.25) is 0 Å². The topological polar surface area (TPSA) is 0 Å². The molecule has 0 atom stereocenters. The molecular formula is C5Cl3F5. The molecule has 0 heterocycles. The molecule has 8 heteroatoms. The molecule has 0 bridgehead atoms. The van der Waals surface area contributed by atoms with Gasteiger partial charge in [-0.2, -0.15) is 17.6 Å². The second-order valence-electron chi connectivity index (χ2n) is 2.35. The molecule has 0 radical (unpaired) electrons. The van der Waals surface area contributed by atoms with Crippen molar-refractivity contribution in [3.8, 4) is 0 Å². The van der Waals surface area contributed by atoms with Crippen molar-refractivity contribution in [2.75, 3.05) is 0 Å². The summed E-state index contributed by atoms with van der Waals surface area (Å²) in [7, 11) is 0. The zero-order chi connectivity index (χ0) is 10.7. The Morgan fingerprint density at radius 2 is 1.31 bits per heavy atom. The Labute approximate surface area is 84.2 Å². The SMILES string of the molecule is FC1=C(Cl)C(F)(F)C(Cl)(Cl)C1(F)F. The average molecular weight is 261 g/mol. The summed E-state index contributed by atoms with van der Waals surface area (Å²) < 4.78 is 59.1. The van der Waals surface area contributed by atoms with Crippen molar-refractivity contribution in [3.05, 3.63) is 10.9 Å². The molecule has 0 aliphatic heterocycles. The van der Waals surface area contributed by atoms with E-state index in [1.54, 1.807) is 0 Å². The molecule has 0 amide bonds. The van der Waals surface area contributed by atoms with Crippen LogP contribution in [0.1, 0.15) is 0 Å². The van der Waals surface area contributed by atoms with Crippen LogP contribution in [0, 0.1) is 0 Å². The molecule has 0 aromatic heterocycles. The number of halogens is 8. The van der Waals surface area contributed by atoms with E-state index >= 15 is 0 Å². The molecular weight excluding hydrogens is 261 g/mol. The molecule has 0 unspecified atom stereocenters. The Kier molecular flexibility index (Phi) is 2.30. The van der Waals surface area contributed by atoms with Crippen LogP contribution in [0.4, 0.5) is 22.0 Å². The van der Waals surface area contributed by atoms with Crippen molar-refractivity contribution in [1.82, 2.24) is 0 Å². The molecule has 0 aromatic carbocycles. The summed E-state index contributed by atoms with van der Waals surface area (Å²) in [5.41, 5.74) is 0. The summed E-state index contributed by atoms with van der Waals surface area (Å²) in [6.07, 6.45) is 0. The lowest BCUT2D eigenvalue weighted by Gasteiger charge is -2.26. The molecule has 1 aliphatic rings. The van der Waals surface area contributed by atoms with Crippen LogP contribution < -0.4 is 0 Å². The lowest BCUT2D eigenvalue weighted by molar-refractivity contribution is -0.0610. The highest BCUT2D eigenvalue weighted by atomic mass is 35.5. The van der Waals surface area contributed by atoms with Gasteiger partial charge in [-0.15, -0.1) is 0 Å². The van der Waals surface area contributed by atoms with Gasteiger partial charge in [-0.1, -0.05) is 34.8 Å². The summed E-state index contributed by atoms with van der Waals surface area (Å²) in [5.74, 6) is -11.7. The molecule has 0 aromatic rings. The fourth-order valence-corrected chi connectivity index (χ4v) is 1.46. The Hall–Kier alpha value is 0.260. The van der Waals surface area contributed by atoms with E-state index < -0.39 is 27.0 Å². The first-order valence-corrected chi connectivity index (χ1v) is 3.90. The Bertz CT molecular complexity index is 256. The number of alkyl halides is 6. The first kappa shape index (κ1) is 11.3. The van der Waals surface area contributed by atoms with Gasteiger partial charge in [0.2, 0.25) is 0 Å². The predicted octanol–water partition coefficient (Wildman–Crippen LogP) is 3.86. The van der Waals surface area contributed by atoms with Crippen LogP contribution in [0.15, 0.2) is 10.9 Å². The molecule has 76 valence electrons. The van der Waals surface area contributed by atoms with Gasteiger partial charge in [0, 0.05) is 0 Å². The van der Waals surface area contributed by atoms with E-state index in [-0.39, 0.29) is 0 Å². The van der Waals surface area contributed by atoms with Gasteiger partial charge in [0.1, 0.15) is 5.03 Å². The third-order valence-corrected chi connectivity index (χ3v) is 2.89. The second kappa shape index (κ2) is 2.64. The normalized spacial score (nSPS) is 29.5. The van der Waals surface area contributed by atoms with Crippen molar-refractivity contribution in [3.63, 3.8) is 0 Å². The van der Waals surface area contributed by atoms with Crippen LogP contribution in [-0.2, 0) is 0 Å². The zero-order valence-corrected chi connectivity index (χ0v) is 7.79. The number of allylic oxidation sites excluding steroid dienone is 2. The summed E-state index contributed by atoms with van der Waals surface area (Å²) >= 11 is 13.9. The number of rotatable bonds is 0. The van der Waals surface area contributed by atoms with Crippen molar-refractivity contribution in [2.45, 2.75) is 16.2 Å². The van der Waals surface area contributed by atoms with E-state index in [2.05, 4.69) is 34.8 Å². The van der Waals surface area contributed by atoms with Gasteiger partial charge in [0.05, 0.1) is 0 Å². The Morgan fingerprint density at radius 1 is 0.923 bits per heavy atom. The third kappa shape index (κ3) is 1.10. The minimum absolute atomic E-state index is 1.96. The Balaban J connectivity index is 3.39. The largest absolute Gasteiger partial charge is 0.338 e. The van der Waals surface area contributed by atoms with Gasteiger partial charge in [-0.05, 0) is 0 Å². The standard InChI is InChI=1S/C5Cl3F5/c6-1-2(9)4(12,13)5(7,8)3(1,10)11. The molecule has 0 saturated heterocycles. The predicted molar refractivity (Wildman–Crippen MR) is 38.3 cm³/mol. The van der Waals surface area contributed by atoms with Crippen LogP contribution in [-0.4, -0.2) is 16.2 Å². The molecule has 13 heavy (non-hydrogen) atoms. The number of hydrogen-bond acceptors (Lipinski definition) is 0. The minimum atomic E-state index is -4.68. The minimum Gasteiger partial charge on any atom is -0.203 e. The van der Waals surface area contributed by atoms with Crippen LogP contribution >= 0.6 is 34.8 Å². The fourth-order valence-electron chi connectivity index (χ4n) is 0.749. The summed E-state index contributed by atoms with van der Waals surface area (Å²) in [6, 6.07) is 0. The lowest BCUT2D eigenvalue weighted by atomic mass is 10.2. The molecule has 0 fully saturated rings. The van der Waals surface area contributed by atoms with Crippen LogP contribution in [0.5, 0.6) is 0 Å². The molecule has 0 spiro atoms. The van der Waals surface area contributed by atoms with Crippen molar-refractivity contribution >= 4 is 34.8 Å². The summed E-state index contributed by atoms with van der Waals surface area (Å²) in [6.45, 7) is 0. The van der Waals surface area contributed by atoms with Crippen LogP contribution in [0.25, 0.3) is 0 Å². The van der Waals surface area contributed by atoms with Gasteiger partial charge in [0.25, 0.3) is 4.33 Å². The molecule has 0 nitrogen and oxygen atoms in total. The quantitative estimate of drug-likeness (QED) is 0.459. The van der Waals surface area contributed by atoms with Crippen molar-refractivity contribution in [2.24, 2.45) is 0 Å². The van der Waals surface area contributed by atoms with Gasteiger partial charge in [0.15, 0.2) is 5.83 Å². The van der Waals surface area contributed by atoms with E-state index in [1.165, 1.54) is 0 Å². The van der Waals surface area contributed by atoms with E-state index in [0.717, 1.165) is 0 Å². The highest BCUT2D eigenvalue weighted by Gasteiger charge is 2.77. The van der Waals surface area contributed by atoms with E-state index in [0.29, 0.717) is 0 Å². The van der Waals surface area contributed by atoms with Gasteiger partial charge in [-0.25, -0.2) is 4.39 Å². The Morgan fingerprint density at radius 3 is 1.38 bits per heavy atom. The van der Waals surface area contributed by atoms with E-state index in [9.17, 15) is 22.0 Å². The van der Waals surface area contributed by atoms with Crippen LogP contribution in [0.3, 0.4) is 0 Å². The second-order valence-corrected chi connectivity index (χ2v) is 4.06. The van der Waals surface area contributed by atoms with Gasteiger partial charge in [-0.3, -0.25) is 0 Å².